The fourth-order valence-electron chi connectivity index (χ4n) is 1.35. The van der Waals surface area contributed by atoms with Gasteiger partial charge < -0.3 is 4.98 Å². The van der Waals surface area contributed by atoms with Gasteiger partial charge in [-0.25, -0.2) is 9.67 Å². The second-order valence-electron chi connectivity index (χ2n) is 3.27. The highest BCUT2D eigenvalue weighted by Crippen LogP contribution is 2.23. The number of nitrogens with one attached hydrogen (secondary N) is 1. The Kier molecular flexibility index (Phi) is 2.86. The highest BCUT2D eigenvalue weighted by Gasteiger charge is 2.15. The predicted octanol–water partition coefficient (Wildman–Crippen LogP) is 1.99. The van der Waals surface area contributed by atoms with Gasteiger partial charge in [0.05, 0.1) is 22.7 Å². The Labute approximate surface area is 105 Å². The second-order valence-corrected chi connectivity index (χ2v) is 4.44. The molecular weight excluding hydrogens is 295 g/mol. The summed E-state index contributed by atoms with van der Waals surface area (Å²) in [5.41, 5.74) is 1.19. The minimum Gasteiger partial charge on any atom is -0.312 e. The molecule has 5 nitrogen and oxygen atoms in total. The molecular formula is C9H8BrClN4O. The minimum atomic E-state index is -0.256. The van der Waals surface area contributed by atoms with E-state index in [0.717, 1.165) is 5.69 Å². The van der Waals surface area contributed by atoms with Gasteiger partial charge in [0.25, 0.3) is 5.56 Å². The van der Waals surface area contributed by atoms with Crippen molar-refractivity contribution in [3.8, 4) is 5.82 Å². The molecule has 1 N–H and O–H groups in total. The van der Waals surface area contributed by atoms with Gasteiger partial charge in [-0.05, 0) is 29.8 Å². The topological polar surface area (TPSA) is 63.6 Å². The lowest BCUT2D eigenvalue weighted by atomic mass is 10.4. The molecule has 0 aliphatic carbocycles. The number of aromatic amines is 1. The Bertz CT molecular complexity index is 604. The monoisotopic (exact) mass is 302 g/mol. The SMILES string of the molecule is Cc1nn(-c2nc[nH]c(=O)c2Br)c(C)c1Cl. The van der Waals surface area contributed by atoms with Gasteiger partial charge in [-0.3, -0.25) is 4.79 Å². The molecule has 0 aliphatic rings. The molecule has 2 aromatic rings. The molecule has 0 amide bonds. The zero-order valence-corrected chi connectivity index (χ0v) is 10.9. The lowest BCUT2D eigenvalue weighted by Gasteiger charge is -2.03. The highest BCUT2D eigenvalue weighted by atomic mass is 79.9. The molecule has 2 aromatic heterocycles. The average molecular weight is 304 g/mol. The number of aromatic nitrogens is 4. The molecule has 0 atom stereocenters. The minimum absolute atomic E-state index is 0.256. The molecule has 0 unspecified atom stereocenters. The molecule has 7 heteroatoms. The van der Waals surface area contributed by atoms with E-state index in [-0.39, 0.29) is 5.56 Å². The van der Waals surface area contributed by atoms with Gasteiger partial charge in [-0.15, -0.1) is 0 Å². The van der Waals surface area contributed by atoms with Gasteiger partial charge in [0.1, 0.15) is 4.47 Å². The lowest BCUT2D eigenvalue weighted by molar-refractivity contribution is 0.792. The largest absolute Gasteiger partial charge is 0.312 e. The van der Waals surface area contributed by atoms with E-state index in [0.29, 0.717) is 21.0 Å². The summed E-state index contributed by atoms with van der Waals surface area (Å²) in [7, 11) is 0. The molecule has 16 heavy (non-hydrogen) atoms. The Morgan fingerprint density at radius 1 is 1.50 bits per heavy atom. The van der Waals surface area contributed by atoms with Crippen LogP contribution in [0.15, 0.2) is 15.6 Å². The van der Waals surface area contributed by atoms with E-state index in [1.807, 2.05) is 6.92 Å². The van der Waals surface area contributed by atoms with E-state index in [4.69, 9.17) is 11.6 Å². The van der Waals surface area contributed by atoms with Crippen molar-refractivity contribution < 1.29 is 0 Å². The van der Waals surface area contributed by atoms with Crippen molar-refractivity contribution in [1.29, 1.82) is 0 Å². The van der Waals surface area contributed by atoms with Crippen molar-refractivity contribution in [2.24, 2.45) is 0 Å². The van der Waals surface area contributed by atoms with Gasteiger partial charge in [0.2, 0.25) is 0 Å². The van der Waals surface area contributed by atoms with Crippen molar-refractivity contribution in [3.63, 3.8) is 0 Å². The fraction of sp³-hybridized carbons (Fsp3) is 0.222. The van der Waals surface area contributed by atoms with E-state index in [1.165, 1.54) is 11.0 Å². The maximum absolute atomic E-state index is 11.4. The second kappa shape index (κ2) is 4.03. The number of nitrogens with zero attached hydrogens (tertiary/aromatic N) is 3. The zero-order valence-electron chi connectivity index (χ0n) is 8.58. The van der Waals surface area contributed by atoms with Gasteiger partial charge >= 0.3 is 0 Å². The molecule has 0 aromatic carbocycles. The molecule has 0 saturated heterocycles. The van der Waals surface area contributed by atoms with E-state index in [2.05, 4.69) is 31.0 Å². The van der Waals surface area contributed by atoms with Crippen molar-refractivity contribution in [3.05, 3.63) is 37.6 Å². The van der Waals surface area contributed by atoms with E-state index in [9.17, 15) is 4.79 Å². The summed E-state index contributed by atoms with van der Waals surface area (Å²) < 4.78 is 1.87. The number of hydrogen-bond acceptors (Lipinski definition) is 3. The molecule has 0 fully saturated rings. The van der Waals surface area contributed by atoms with Crippen molar-refractivity contribution in [2.75, 3.05) is 0 Å². The van der Waals surface area contributed by atoms with Gasteiger partial charge in [-0.1, -0.05) is 11.6 Å². The van der Waals surface area contributed by atoms with E-state index < -0.39 is 0 Å². The third-order valence-electron chi connectivity index (χ3n) is 2.18. The Hall–Kier alpha value is -1.14. The van der Waals surface area contributed by atoms with E-state index >= 15 is 0 Å². The third kappa shape index (κ3) is 1.68. The van der Waals surface area contributed by atoms with Crippen LogP contribution in [0.5, 0.6) is 0 Å². The first-order valence-electron chi connectivity index (χ1n) is 4.47. The fourth-order valence-corrected chi connectivity index (χ4v) is 1.85. The van der Waals surface area contributed by atoms with Crippen molar-refractivity contribution >= 4 is 27.5 Å². The number of halogens is 2. The smallest absolute Gasteiger partial charge is 0.267 e. The van der Waals surface area contributed by atoms with Crippen LogP contribution in [0, 0.1) is 13.8 Å². The van der Waals surface area contributed by atoms with Crippen molar-refractivity contribution in [1.82, 2.24) is 19.7 Å². The first-order valence-corrected chi connectivity index (χ1v) is 5.64. The summed E-state index contributed by atoms with van der Waals surface area (Å²) in [6.07, 6.45) is 1.33. The van der Waals surface area contributed by atoms with Crippen molar-refractivity contribution in [2.45, 2.75) is 13.8 Å². The van der Waals surface area contributed by atoms with Crippen LogP contribution in [0.1, 0.15) is 11.4 Å². The average Bonchev–Trinajstić information content (AvgIpc) is 2.50. The van der Waals surface area contributed by atoms with Gasteiger partial charge in [-0.2, -0.15) is 5.10 Å². The molecule has 0 spiro atoms. The standard InChI is InChI=1S/C9H8BrClN4O/c1-4-7(11)5(2)15(14-4)8-6(10)9(16)13-3-12-8/h3H,1-2H3,(H,12,13,16). The molecule has 84 valence electrons. The zero-order chi connectivity index (χ0) is 11.9. The van der Waals surface area contributed by atoms with Gasteiger partial charge in [0.15, 0.2) is 5.82 Å². The summed E-state index contributed by atoms with van der Waals surface area (Å²) in [5.74, 6) is 0.427. The number of rotatable bonds is 1. The molecule has 2 rings (SSSR count). The number of aryl methyl sites for hydroxylation is 1. The predicted molar refractivity (Wildman–Crippen MR) is 64.2 cm³/mol. The normalized spacial score (nSPS) is 10.8. The Morgan fingerprint density at radius 2 is 2.19 bits per heavy atom. The quantitative estimate of drug-likeness (QED) is 0.876. The highest BCUT2D eigenvalue weighted by molar-refractivity contribution is 9.10. The summed E-state index contributed by atoms with van der Waals surface area (Å²) in [6.45, 7) is 3.62. The summed E-state index contributed by atoms with van der Waals surface area (Å²) >= 11 is 9.20. The lowest BCUT2D eigenvalue weighted by Crippen LogP contribution is -2.13. The molecule has 0 bridgehead atoms. The van der Waals surface area contributed by atoms with Gasteiger partial charge in [0, 0.05) is 0 Å². The maximum Gasteiger partial charge on any atom is 0.267 e. The summed E-state index contributed by atoms with van der Waals surface area (Å²) in [4.78, 5) is 17.9. The Morgan fingerprint density at radius 3 is 2.75 bits per heavy atom. The van der Waals surface area contributed by atoms with Crippen LogP contribution in [-0.2, 0) is 0 Å². The maximum atomic E-state index is 11.4. The van der Waals surface area contributed by atoms with Crippen LogP contribution in [0.3, 0.4) is 0 Å². The third-order valence-corrected chi connectivity index (χ3v) is 3.44. The molecule has 2 heterocycles. The molecule has 0 aliphatic heterocycles. The molecule has 0 saturated carbocycles. The molecule has 0 radical (unpaired) electrons. The number of hydrogen-bond donors (Lipinski definition) is 1. The Balaban J connectivity index is 2.73. The van der Waals surface area contributed by atoms with Crippen LogP contribution >= 0.6 is 27.5 Å². The van der Waals surface area contributed by atoms with Crippen LogP contribution < -0.4 is 5.56 Å². The first-order chi connectivity index (χ1) is 7.52. The van der Waals surface area contributed by atoms with Crippen LogP contribution in [0.4, 0.5) is 0 Å². The number of H-pyrrole nitrogens is 1. The first kappa shape index (κ1) is 11.3. The van der Waals surface area contributed by atoms with E-state index in [1.54, 1.807) is 6.92 Å². The summed E-state index contributed by atoms with van der Waals surface area (Å²) in [6, 6.07) is 0. The van der Waals surface area contributed by atoms with Crippen LogP contribution in [0.2, 0.25) is 5.02 Å². The summed E-state index contributed by atoms with van der Waals surface area (Å²) in [5, 5.41) is 4.80. The van der Waals surface area contributed by atoms with Crippen LogP contribution in [-0.4, -0.2) is 19.7 Å². The van der Waals surface area contributed by atoms with Crippen LogP contribution in [0.25, 0.3) is 5.82 Å².